The third-order valence-electron chi connectivity index (χ3n) is 36.4. The summed E-state index contributed by atoms with van der Waals surface area (Å²) in [5, 5.41) is 147. The number of rotatable bonds is 42. The van der Waals surface area contributed by atoms with Crippen molar-refractivity contribution in [2.75, 3.05) is 27.9 Å². The number of methoxy groups -OCH3 is 3. The fraction of sp³-hybridized carbons (Fsp3) is 0.760. The number of esters is 2. The Hall–Kier alpha value is -6.69. The van der Waals surface area contributed by atoms with E-state index in [0.29, 0.717) is 53.4 Å². The van der Waals surface area contributed by atoms with E-state index < -0.39 is 176 Å². The summed E-state index contributed by atoms with van der Waals surface area (Å²) in [7, 11) is 4.97. The van der Waals surface area contributed by atoms with Crippen molar-refractivity contribution >= 4 is 52.4 Å². The Morgan fingerprint density at radius 1 is 0.433 bits per heavy atom. The van der Waals surface area contributed by atoms with Crippen LogP contribution >= 0.6 is 0 Å². The van der Waals surface area contributed by atoms with Gasteiger partial charge in [-0.1, -0.05) is 194 Å². The van der Waals surface area contributed by atoms with E-state index in [1.807, 2.05) is 118 Å². The zero-order valence-corrected chi connectivity index (χ0v) is 101. The van der Waals surface area contributed by atoms with Gasteiger partial charge in [0.15, 0.2) is 11.4 Å². The van der Waals surface area contributed by atoms with Crippen LogP contribution in [-0.2, 0) is 66.8 Å². The highest BCUT2D eigenvalue weighted by Gasteiger charge is 2.78. The zero-order valence-electron chi connectivity index (χ0n) is 101. The Bertz CT molecular complexity index is 4690. The summed E-state index contributed by atoms with van der Waals surface area (Å²) in [4.78, 5) is 113. The Labute approximate surface area is 902 Å². The van der Waals surface area contributed by atoms with Crippen LogP contribution in [0.4, 0.5) is 0 Å². The molecule has 1 aromatic carbocycles. The highest BCUT2D eigenvalue weighted by atomic mass is 16.6. The number of allylic oxidation sites excluding steroid dienone is 3. The number of fused-ring (bicyclic) bond motifs is 5. The minimum Gasteiger partial charge on any atom is -0.455 e. The molecule has 1 saturated heterocycles. The number of hydrogen-bond donors (Lipinski definition) is 14. The van der Waals surface area contributed by atoms with Gasteiger partial charge in [0.1, 0.15) is 30.0 Å². The quantitative estimate of drug-likeness (QED) is 0.0125. The number of aliphatic hydroxyl groups excluding tert-OH is 13. The number of ketones is 7. The lowest BCUT2D eigenvalue weighted by molar-refractivity contribution is -0.345. The molecule has 3 fully saturated rings. The fourth-order valence-electron chi connectivity index (χ4n) is 19.8. The van der Waals surface area contributed by atoms with E-state index in [4.69, 9.17) is 28.4 Å². The van der Waals surface area contributed by atoms with Crippen molar-refractivity contribution < 1.29 is 143 Å². The molecule has 1 aromatic rings. The molecule has 2 bridgehead atoms. The first-order valence-corrected chi connectivity index (χ1v) is 53.9. The highest BCUT2D eigenvalue weighted by molar-refractivity contribution is 6.46. The molecule has 0 spiro atoms. The van der Waals surface area contributed by atoms with E-state index in [2.05, 4.69) is 69.2 Å². The molecule has 5 rings (SSSR count). The van der Waals surface area contributed by atoms with Gasteiger partial charge in [0.2, 0.25) is 34.7 Å². The number of aliphatic hydroxyl groups is 14. The van der Waals surface area contributed by atoms with Crippen molar-refractivity contribution in [3.05, 3.63) is 114 Å². The highest BCUT2D eigenvalue weighted by Crippen LogP contribution is 2.64. The summed E-state index contributed by atoms with van der Waals surface area (Å²) in [6.45, 7) is 83.9. The van der Waals surface area contributed by atoms with Crippen LogP contribution in [0.3, 0.4) is 0 Å². The molecule has 4 aliphatic rings. The summed E-state index contributed by atoms with van der Waals surface area (Å²) in [5.41, 5.74) is -1.09. The molecular formula is C121H208O29. The minimum absolute atomic E-state index is 0.0476. The average molecular weight is 2130 g/mol. The number of benzene rings is 1. The molecule has 0 radical (unpaired) electrons. The summed E-state index contributed by atoms with van der Waals surface area (Å²) in [5.74, 6) is -5.71. The second kappa shape index (κ2) is 60.2. The van der Waals surface area contributed by atoms with Crippen molar-refractivity contribution in [3.8, 4) is 0 Å². The fourth-order valence-corrected chi connectivity index (χ4v) is 19.8. The van der Waals surface area contributed by atoms with Crippen LogP contribution in [0, 0.1) is 78.8 Å². The van der Waals surface area contributed by atoms with Gasteiger partial charge in [0, 0.05) is 85.9 Å². The molecule has 0 amide bonds. The Balaban J connectivity index is 0. The van der Waals surface area contributed by atoms with E-state index >= 15 is 0 Å². The number of Topliss-reactive ketones (excluding diaryl/α,β-unsaturated/α-hetero) is 7. The first kappa shape index (κ1) is 145. The van der Waals surface area contributed by atoms with Crippen LogP contribution < -0.4 is 0 Å². The first-order valence-electron chi connectivity index (χ1n) is 53.9. The maximum atomic E-state index is 14.3. The number of hydrogen-bond acceptors (Lipinski definition) is 29. The van der Waals surface area contributed by atoms with Gasteiger partial charge in [0.05, 0.1) is 120 Å². The summed E-state index contributed by atoms with van der Waals surface area (Å²) in [6.07, 6.45) is -9.82. The van der Waals surface area contributed by atoms with Crippen molar-refractivity contribution in [3.63, 3.8) is 0 Å². The average Bonchev–Trinajstić information content (AvgIpc) is 0.667. The zero-order chi connectivity index (χ0) is 119. The smallest absolute Gasteiger partial charge is 0.338 e. The van der Waals surface area contributed by atoms with Crippen molar-refractivity contribution in [1.29, 1.82) is 0 Å². The predicted octanol–water partition coefficient (Wildman–Crippen LogP) is 18.0. The second-order valence-corrected chi connectivity index (χ2v) is 47.5. The molecule has 14 N–H and O–H groups in total. The summed E-state index contributed by atoms with van der Waals surface area (Å²) in [6, 6.07) is 8.08. The molecule has 29 heteroatoms. The van der Waals surface area contributed by atoms with Gasteiger partial charge >= 0.3 is 11.9 Å². The largest absolute Gasteiger partial charge is 0.455 e. The van der Waals surface area contributed by atoms with E-state index in [1.165, 1.54) is 51.0 Å². The molecule has 3 aliphatic carbocycles. The molecule has 2 saturated carbocycles. The minimum atomic E-state index is -2.07. The molecule has 150 heavy (non-hydrogen) atoms. The Kier molecular flexibility index (Phi) is 58.3. The third-order valence-corrected chi connectivity index (χ3v) is 36.4. The van der Waals surface area contributed by atoms with Gasteiger partial charge in [-0.05, 0) is 276 Å². The predicted molar refractivity (Wildman–Crippen MR) is 592 cm³/mol. The van der Waals surface area contributed by atoms with E-state index in [0.717, 1.165) is 47.1 Å². The molecular weight excluding hydrogens is 1920 g/mol. The standard InChI is InChI=1S/C29H36O10.C17H34O2.C16H32O3.C16H28O3.C15H30O3.2C14H24O4/c1-14-17(31)12-29(36)24(38-25(35)16-9-7-6-8-10-16)22-27(5,23(34)21(33)20(14)26(29,3)4)18(32)11-19-28(22,13-37-19)39-15(2)30;1-10-11(2)17(7,8)16(18)14(5)12(3)13(4)15(6)19-9;2*1-9-10(2)16(6,7)15(18)14(17)12(4)11(3)13(5)19-8;1-8-13(17)15(6,7)14(18)11(4)9(2)10(3)12(5)16;2*1-7-11(16)14(5,6)13(18)12(17)9(3)8(2)10(4)15/h6-10,17-19,21-22,24,31-33,36H,11-13H2,1-5H3;11,14-16,18H,10H2,1-9H3;10,13-15,17-18H,9H2,1-8H3;10,13H,9H2,1-8H3;11-14,16-18H,8H2,1-7H3;2*10-11,15-16H,7H2,1-6H3/b;13-12+;2*12-11+;10-9+;2*9-8+/t17-,18-,19+,21+,22-,24-,27+,28-,29+;11-,14?,15-,16-;10-,13-,14?,15-;10-,13-;11?,12-,13-,14-;10-,11+;10-,11-/m0000000/s1. The number of ether oxygens (including phenoxy) is 6. The van der Waals surface area contributed by atoms with Crippen molar-refractivity contribution in [1.82, 2.24) is 0 Å². The van der Waals surface area contributed by atoms with Gasteiger partial charge in [-0.15, -0.1) is 0 Å². The van der Waals surface area contributed by atoms with Gasteiger partial charge in [-0.3, -0.25) is 38.4 Å². The van der Waals surface area contributed by atoms with E-state index in [1.54, 1.807) is 143 Å². The van der Waals surface area contributed by atoms with Crippen LogP contribution in [-0.4, -0.2) is 273 Å². The molecule has 1 heterocycles. The van der Waals surface area contributed by atoms with E-state index in [9.17, 15) is 115 Å². The van der Waals surface area contributed by atoms with Crippen LogP contribution in [0.2, 0.25) is 0 Å². The van der Waals surface area contributed by atoms with E-state index in [-0.39, 0.29) is 106 Å². The summed E-state index contributed by atoms with van der Waals surface area (Å²) < 4.78 is 33.6. The summed E-state index contributed by atoms with van der Waals surface area (Å²) >= 11 is 0. The molecule has 3 unspecified atom stereocenters. The van der Waals surface area contributed by atoms with Crippen LogP contribution in [0.1, 0.15) is 380 Å². The Morgan fingerprint density at radius 2 is 0.773 bits per heavy atom. The first-order chi connectivity index (χ1) is 68.1. The number of carbonyl (C=O) groups is 9. The van der Waals surface area contributed by atoms with Crippen molar-refractivity contribution in [2.24, 2.45) is 78.8 Å². The normalized spacial score (nSPS) is 25.0. The number of carbonyl (C=O) groups excluding carboxylic acids is 9. The maximum absolute atomic E-state index is 14.3. The Morgan fingerprint density at radius 3 is 1.11 bits per heavy atom. The second-order valence-electron chi connectivity index (χ2n) is 47.5. The third kappa shape index (κ3) is 33.9. The SMILES string of the molecule is CC(=O)O[C@@]12CO[C@@H]1C[C@H](O)[C@@]1(C)C(=O)[C@H](O)C3=C(C)[C@@H](O)C[C@@](O)([C@@H](OC(=O)c4ccccc4)[C@H]21)C3(C)C.CC[C@@H](O)C(C)(C)C(=O)C(=O)/C(C)=C(\C)[C@H](C)O.CC[C@H](C)C(C)(C)C(=O)C(=O)/C(C)=C(\C)[C@H](C)OC.CC[C@H](C)C(C)(C)[C@@H](O)C(C)/C(C)=C(\C)[C@H](C)OC.CC[C@H](C)C(C)(C)[C@@H](O)C(O)/C(C)=C(\C)[C@H](C)OC.CC[C@H](O)C(C)(C)C(=O)C(=O)/C(C)=C(\C)[C@H](C)O.CC[C@H](O)C(C)(C)[C@@H](O)C(C)/C(C)=C(\C)[C@H](C)O. The lowest BCUT2D eigenvalue weighted by Gasteiger charge is -2.67. The maximum Gasteiger partial charge on any atom is 0.338 e. The monoisotopic (exact) mass is 2130 g/mol. The van der Waals surface area contributed by atoms with Gasteiger partial charge in [-0.2, -0.15) is 0 Å². The van der Waals surface area contributed by atoms with Gasteiger partial charge in [0.25, 0.3) is 0 Å². The molecule has 0 aromatic heterocycles. The molecule has 866 valence electrons. The lowest BCUT2D eigenvalue weighted by atomic mass is 9.44. The van der Waals surface area contributed by atoms with Crippen LogP contribution in [0.15, 0.2) is 108 Å². The van der Waals surface area contributed by atoms with Crippen LogP contribution in [0.25, 0.3) is 0 Å². The van der Waals surface area contributed by atoms with Gasteiger partial charge in [-0.25, -0.2) is 4.79 Å². The molecule has 29 nitrogen and oxygen atoms in total. The molecule has 27 atom stereocenters. The van der Waals surface area contributed by atoms with Crippen LogP contribution in [0.5, 0.6) is 0 Å². The van der Waals surface area contributed by atoms with Gasteiger partial charge < -0.3 is 99.9 Å². The topological polar surface area (TPSA) is 492 Å². The van der Waals surface area contributed by atoms with Crippen molar-refractivity contribution in [2.45, 2.75) is 491 Å². The lowest BCUT2D eigenvalue weighted by Crippen LogP contribution is -2.81. The molecule has 1 aliphatic heterocycles.